The summed E-state index contributed by atoms with van der Waals surface area (Å²) in [6, 6.07) is 17.3. The quantitative estimate of drug-likeness (QED) is 0.678. The number of nitrogens with one attached hydrogen (secondary N) is 2. The molecule has 0 atom stereocenters. The molecule has 1 saturated heterocycles. The molecule has 0 saturated carbocycles. The van der Waals surface area contributed by atoms with Crippen LogP contribution in [0.15, 0.2) is 60.8 Å². The molecule has 8 heteroatoms. The van der Waals surface area contributed by atoms with Crippen LogP contribution in [0.4, 0.5) is 27.9 Å². The Kier molecular flexibility index (Phi) is 6.03. The van der Waals surface area contributed by atoms with Crippen molar-refractivity contribution in [2.75, 3.05) is 41.7 Å². The summed E-state index contributed by atoms with van der Waals surface area (Å²) >= 11 is 0. The van der Waals surface area contributed by atoms with Crippen LogP contribution in [0.3, 0.4) is 0 Å². The van der Waals surface area contributed by atoms with Crippen LogP contribution < -0.4 is 15.5 Å². The molecular weight excluding hydrogens is 378 g/mol. The first-order valence-electron chi connectivity index (χ1n) is 10.1. The van der Waals surface area contributed by atoms with E-state index in [1.165, 1.54) is 0 Å². The average molecular weight is 403 g/mol. The monoisotopic (exact) mass is 403 g/mol. The predicted molar refractivity (Wildman–Crippen MR) is 118 cm³/mol. The van der Waals surface area contributed by atoms with Crippen molar-refractivity contribution in [2.24, 2.45) is 0 Å². The van der Waals surface area contributed by atoms with E-state index in [4.69, 9.17) is 0 Å². The normalized spacial score (nSPS) is 13.8. The van der Waals surface area contributed by atoms with Gasteiger partial charge in [0.1, 0.15) is 5.82 Å². The summed E-state index contributed by atoms with van der Waals surface area (Å²) < 4.78 is 0. The molecule has 8 nitrogen and oxygen atoms in total. The summed E-state index contributed by atoms with van der Waals surface area (Å²) in [5.41, 5.74) is 2.02. The molecule has 1 aromatic carbocycles. The van der Waals surface area contributed by atoms with Crippen molar-refractivity contribution in [1.29, 1.82) is 0 Å². The number of aromatic nitrogens is 3. The first-order chi connectivity index (χ1) is 14.7. The van der Waals surface area contributed by atoms with Gasteiger partial charge in [-0.15, -0.1) is 10.2 Å². The molecule has 1 fully saturated rings. The molecule has 4 rings (SSSR count). The number of benzene rings is 1. The van der Waals surface area contributed by atoms with E-state index >= 15 is 0 Å². The Morgan fingerprint density at radius 3 is 2.43 bits per heavy atom. The minimum Gasteiger partial charge on any atom is -0.352 e. The van der Waals surface area contributed by atoms with Crippen LogP contribution >= 0.6 is 0 Å². The van der Waals surface area contributed by atoms with Crippen molar-refractivity contribution in [2.45, 2.75) is 13.3 Å². The van der Waals surface area contributed by atoms with Gasteiger partial charge >= 0.3 is 6.03 Å². The third-order valence-electron chi connectivity index (χ3n) is 5.10. The first kappa shape index (κ1) is 19.6. The maximum absolute atomic E-state index is 12.7. The molecule has 2 amide bonds. The average Bonchev–Trinajstić information content (AvgIpc) is 2.81. The number of carbonyl (C=O) groups is 1. The summed E-state index contributed by atoms with van der Waals surface area (Å²) in [4.78, 5) is 20.9. The molecule has 0 spiro atoms. The lowest BCUT2D eigenvalue weighted by molar-refractivity contribution is 0.208. The highest BCUT2D eigenvalue weighted by molar-refractivity contribution is 5.90. The van der Waals surface area contributed by atoms with Gasteiger partial charge in [-0.2, -0.15) is 0 Å². The second-order valence-corrected chi connectivity index (χ2v) is 7.03. The molecule has 3 heterocycles. The molecule has 30 heavy (non-hydrogen) atoms. The second-order valence-electron chi connectivity index (χ2n) is 7.03. The Morgan fingerprint density at radius 1 is 0.933 bits per heavy atom. The van der Waals surface area contributed by atoms with Gasteiger partial charge in [0.2, 0.25) is 0 Å². The maximum Gasteiger partial charge on any atom is 0.321 e. The van der Waals surface area contributed by atoms with E-state index in [1.807, 2.05) is 59.5 Å². The number of carbonyl (C=O) groups excluding carboxylic acids is 1. The zero-order valence-electron chi connectivity index (χ0n) is 17.0. The Morgan fingerprint density at radius 2 is 1.73 bits per heavy atom. The minimum absolute atomic E-state index is 0.0588. The number of rotatable bonds is 5. The molecule has 1 aliphatic rings. The Bertz CT molecular complexity index is 970. The number of nitrogens with zero attached hydrogens (tertiary/aromatic N) is 5. The third-order valence-corrected chi connectivity index (χ3v) is 5.10. The maximum atomic E-state index is 12.7. The Labute approximate surface area is 176 Å². The molecular formula is C22H25N7O. The van der Waals surface area contributed by atoms with E-state index in [0.29, 0.717) is 32.0 Å². The topological polar surface area (TPSA) is 86.3 Å². The van der Waals surface area contributed by atoms with Crippen LogP contribution in [0, 0.1) is 0 Å². The lowest BCUT2D eigenvalue weighted by Gasteiger charge is -2.35. The van der Waals surface area contributed by atoms with Gasteiger partial charge in [0.15, 0.2) is 11.6 Å². The van der Waals surface area contributed by atoms with Gasteiger partial charge in [-0.1, -0.05) is 31.2 Å². The summed E-state index contributed by atoms with van der Waals surface area (Å²) in [7, 11) is 0. The van der Waals surface area contributed by atoms with Crippen LogP contribution in [0.5, 0.6) is 0 Å². The number of para-hydroxylation sites is 1. The van der Waals surface area contributed by atoms with Crippen LogP contribution in [-0.4, -0.2) is 52.3 Å². The van der Waals surface area contributed by atoms with E-state index in [2.05, 4.69) is 37.6 Å². The molecule has 0 unspecified atom stereocenters. The number of urea groups is 1. The van der Waals surface area contributed by atoms with E-state index in [0.717, 1.165) is 29.3 Å². The van der Waals surface area contributed by atoms with Gasteiger partial charge in [0.05, 0.1) is 0 Å². The van der Waals surface area contributed by atoms with E-state index in [1.54, 1.807) is 6.20 Å². The Balaban J connectivity index is 1.31. The highest BCUT2D eigenvalue weighted by Gasteiger charge is 2.22. The highest BCUT2D eigenvalue weighted by atomic mass is 16.2. The summed E-state index contributed by atoms with van der Waals surface area (Å²) in [5, 5.41) is 14.7. The molecule has 1 aliphatic heterocycles. The van der Waals surface area contributed by atoms with Crippen molar-refractivity contribution < 1.29 is 4.79 Å². The van der Waals surface area contributed by atoms with Crippen molar-refractivity contribution in [1.82, 2.24) is 20.1 Å². The lowest BCUT2D eigenvalue weighted by Crippen LogP contribution is -2.50. The highest BCUT2D eigenvalue weighted by Crippen LogP contribution is 2.19. The van der Waals surface area contributed by atoms with Crippen molar-refractivity contribution in [3.63, 3.8) is 0 Å². The van der Waals surface area contributed by atoms with Crippen LogP contribution in [-0.2, 0) is 6.42 Å². The van der Waals surface area contributed by atoms with E-state index in [9.17, 15) is 4.79 Å². The number of piperazine rings is 1. The van der Waals surface area contributed by atoms with Gasteiger partial charge in [-0.05, 0) is 42.3 Å². The fraction of sp³-hybridized carbons (Fsp3) is 0.273. The van der Waals surface area contributed by atoms with Crippen molar-refractivity contribution >= 4 is 29.2 Å². The van der Waals surface area contributed by atoms with E-state index in [-0.39, 0.29) is 6.03 Å². The smallest absolute Gasteiger partial charge is 0.321 e. The zero-order valence-corrected chi connectivity index (χ0v) is 17.0. The van der Waals surface area contributed by atoms with Crippen LogP contribution in [0.1, 0.15) is 12.5 Å². The van der Waals surface area contributed by atoms with Gasteiger partial charge in [0, 0.05) is 38.1 Å². The molecule has 2 N–H and O–H groups in total. The molecule has 0 bridgehead atoms. The van der Waals surface area contributed by atoms with Gasteiger partial charge in [-0.25, -0.2) is 9.78 Å². The number of hydrogen-bond donors (Lipinski definition) is 2. The van der Waals surface area contributed by atoms with Crippen LogP contribution in [0.2, 0.25) is 0 Å². The number of amides is 2. The van der Waals surface area contributed by atoms with Gasteiger partial charge in [-0.3, -0.25) is 0 Å². The van der Waals surface area contributed by atoms with Gasteiger partial charge in [0.25, 0.3) is 0 Å². The lowest BCUT2D eigenvalue weighted by atomic mass is 10.1. The molecule has 0 aliphatic carbocycles. The van der Waals surface area contributed by atoms with E-state index < -0.39 is 0 Å². The number of pyridine rings is 1. The fourth-order valence-corrected chi connectivity index (χ4v) is 3.41. The number of aryl methyl sites for hydroxylation is 1. The predicted octanol–water partition coefficient (Wildman–Crippen LogP) is 3.53. The first-order valence-corrected chi connectivity index (χ1v) is 10.1. The second kappa shape index (κ2) is 9.21. The standard InChI is InChI=1S/C22H25N7O/c1-2-17-7-3-4-8-18(17)24-22(30)29-15-13-28(14-16-29)21-11-10-20(26-27-21)25-19-9-5-6-12-23-19/h3-12H,2,13-16H2,1H3,(H,24,30)(H,23,25,26). The van der Waals surface area contributed by atoms with Crippen molar-refractivity contribution in [3.05, 3.63) is 66.4 Å². The largest absolute Gasteiger partial charge is 0.352 e. The Hall–Kier alpha value is -3.68. The molecule has 0 radical (unpaired) electrons. The number of anilines is 4. The minimum atomic E-state index is -0.0588. The van der Waals surface area contributed by atoms with Crippen LogP contribution in [0.25, 0.3) is 0 Å². The zero-order chi connectivity index (χ0) is 20.8. The summed E-state index contributed by atoms with van der Waals surface area (Å²) in [5.74, 6) is 2.17. The summed E-state index contributed by atoms with van der Waals surface area (Å²) in [6.07, 6.45) is 2.61. The third kappa shape index (κ3) is 4.65. The molecule has 3 aromatic rings. The fourth-order valence-electron chi connectivity index (χ4n) is 3.41. The molecule has 154 valence electrons. The SMILES string of the molecule is CCc1ccccc1NC(=O)N1CCN(c2ccc(Nc3ccccn3)nn2)CC1. The van der Waals surface area contributed by atoms with Crippen molar-refractivity contribution in [3.8, 4) is 0 Å². The molecule has 2 aromatic heterocycles. The number of hydrogen-bond acceptors (Lipinski definition) is 6. The summed E-state index contributed by atoms with van der Waals surface area (Å²) in [6.45, 7) is 4.78. The van der Waals surface area contributed by atoms with Gasteiger partial charge < -0.3 is 20.4 Å².